The molecule has 0 aliphatic carbocycles. The minimum atomic E-state index is -0.566. The third-order valence-corrected chi connectivity index (χ3v) is 3.37. The van der Waals surface area contributed by atoms with Gasteiger partial charge >= 0.3 is 25.4 Å². The molecule has 3 aromatic rings. The van der Waals surface area contributed by atoms with Gasteiger partial charge in [0, 0.05) is 25.6 Å². The van der Waals surface area contributed by atoms with Gasteiger partial charge < -0.3 is 19.8 Å². The normalized spacial score (nSPS) is 11.0. The maximum atomic E-state index is 12.2. The van der Waals surface area contributed by atoms with Crippen molar-refractivity contribution in [1.29, 1.82) is 0 Å². The Hall–Kier alpha value is -2.60. The van der Waals surface area contributed by atoms with Gasteiger partial charge in [-0.15, -0.1) is 0 Å². The molecule has 0 radical (unpaired) electrons. The maximum absolute atomic E-state index is 12.2. The quantitative estimate of drug-likeness (QED) is 0.291. The molecule has 2 heterocycles. The van der Waals surface area contributed by atoms with E-state index in [0.717, 1.165) is 5.39 Å². The first-order valence-corrected chi connectivity index (χ1v) is 7.48. The van der Waals surface area contributed by atoms with E-state index in [4.69, 9.17) is 4.74 Å². The average Bonchev–Trinajstić information content (AvgIpc) is 3.01. The summed E-state index contributed by atoms with van der Waals surface area (Å²) in [4.78, 5) is 20.7. The van der Waals surface area contributed by atoms with Crippen LogP contribution in [0.1, 0.15) is 12.7 Å². The van der Waals surface area contributed by atoms with Gasteiger partial charge in [0.2, 0.25) is 0 Å². The zero-order valence-corrected chi connectivity index (χ0v) is 17.1. The summed E-state index contributed by atoms with van der Waals surface area (Å²) in [6.07, 6.45) is 5.00. The van der Waals surface area contributed by atoms with Crippen LogP contribution in [0.15, 0.2) is 54.0 Å². The summed E-state index contributed by atoms with van der Waals surface area (Å²) in [5.74, 6) is -0.172. The third kappa shape index (κ3) is 4.09. The van der Waals surface area contributed by atoms with Crippen LogP contribution in [0.2, 0.25) is 0 Å². The standard InChI is InChI=1S/C17H17N5O2.Zn/c1-3-24-17(23)15(16-19-10-11-22(16)2)21-20-13-8-4-6-12-7-5-9-18-14(12)13;/h4-11H,3H2,1-2H3,(H,19,20,23);/q;+2/p-1. The molecule has 0 amide bonds. The summed E-state index contributed by atoms with van der Waals surface area (Å²) in [6, 6.07) is 9.39. The van der Waals surface area contributed by atoms with E-state index in [0.29, 0.717) is 17.0 Å². The van der Waals surface area contributed by atoms with Crippen molar-refractivity contribution >= 4 is 28.3 Å². The molecule has 3 rings (SSSR count). The van der Waals surface area contributed by atoms with Crippen molar-refractivity contribution < 1.29 is 29.0 Å². The molecule has 0 fully saturated rings. The number of hydrogen-bond donors (Lipinski definition) is 0. The number of aryl methyl sites for hydroxylation is 1. The van der Waals surface area contributed by atoms with Crippen molar-refractivity contribution in [2.75, 3.05) is 6.61 Å². The van der Waals surface area contributed by atoms with Crippen LogP contribution in [0.5, 0.6) is 0 Å². The number of nitrogens with zero attached hydrogens (tertiary/aromatic N) is 5. The van der Waals surface area contributed by atoms with Gasteiger partial charge in [-0.2, -0.15) is 0 Å². The molecule has 2 aromatic heterocycles. The second kappa shape index (κ2) is 8.49. The number of fused-ring (bicyclic) bond motifs is 1. The summed E-state index contributed by atoms with van der Waals surface area (Å²) in [6.45, 7) is 1.98. The smallest absolute Gasteiger partial charge is 0.573 e. The molecule has 0 aliphatic rings. The van der Waals surface area contributed by atoms with E-state index < -0.39 is 5.97 Å². The number of aromatic nitrogens is 3. The zero-order valence-electron chi connectivity index (χ0n) is 14.1. The minimum Gasteiger partial charge on any atom is -0.573 e. The van der Waals surface area contributed by atoms with Gasteiger partial charge in [-0.05, 0) is 18.4 Å². The summed E-state index contributed by atoms with van der Waals surface area (Å²) < 4.78 is 6.75. The second-order valence-corrected chi connectivity index (χ2v) is 4.98. The van der Waals surface area contributed by atoms with E-state index in [2.05, 4.69) is 20.5 Å². The largest absolute Gasteiger partial charge is 2.00 e. The first-order valence-electron chi connectivity index (χ1n) is 7.48. The van der Waals surface area contributed by atoms with Crippen LogP contribution >= 0.6 is 0 Å². The van der Waals surface area contributed by atoms with E-state index in [-0.39, 0.29) is 31.8 Å². The van der Waals surface area contributed by atoms with Gasteiger partial charge in [0.1, 0.15) is 0 Å². The zero-order chi connectivity index (χ0) is 16.9. The van der Waals surface area contributed by atoms with Gasteiger partial charge in [0.15, 0.2) is 11.5 Å². The van der Waals surface area contributed by atoms with Crippen LogP contribution in [0.25, 0.3) is 16.3 Å². The van der Waals surface area contributed by atoms with Crippen molar-refractivity contribution in [3.05, 3.63) is 60.2 Å². The number of ether oxygens (including phenoxy) is 1. The SMILES string of the molecule is CCOC(=O)/C(=N\[N-]c1cccc2cccnc12)c1nccn1C.[Zn+2]. The molecule has 0 unspecified atom stereocenters. The van der Waals surface area contributed by atoms with Gasteiger partial charge in [0.05, 0.1) is 12.1 Å². The number of benzene rings is 1. The summed E-state index contributed by atoms with van der Waals surface area (Å²) in [5, 5.41) is 5.06. The van der Waals surface area contributed by atoms with E-state index in [1.807, 2.05) is 24.3 Å². The first-order chi connectivity index (χ1) is 11.7. The predicted molar refractivity (Wildman–Crippen MR) is 91.1 cm³/mol. The van der Waals surface area contributed by atoms with Crippen molar-refractivity contribution in [1.82, 2.24) is 14.5 Å². The Labute approximate surface area is 157 Å². The minimum absolute atomic E-state index is 0. The van der Waals surface area contributed by atoms with Gasteiger partial charge in [-0.25, -0.2) is 9.78 Å². The van der Waals surface area contributed by atoms with Crippen molar-refractivity contribution in [3.63, 3.8) is 0 Å². The topological polar surface area (TPSA) is 83.5 Å². The molecule has 0 bridgehead atoms. The monoisotopic (exact) mass is 386 g/mol. The third-order valence-electron chi connectivity index (χ3n) is 3.37. The molecule has 1 aromatic carbocycles. The number of para-hydroxylation sites is 1. The molecular formula is C17H16N5O2Zn+. The van der Waals surface area contributed by atoms with E-state index in [1.54, 1.807) is 43.2 Å². The van der Waals surface area contributed by atoms with Crippen LogP contribution in [-0.2, 0) is 36.1 Å². The number of carbonyl (C=O) groups is 1. The Morgan fingerprint density at radius 1 is 1.24 bits per heavy atom. The number of rotatable bonds is 5. The predicted octanol–water partition coefficient (Wildman–Crippen LogP) is 2.94. The van der Waals surface area contributed by atoms with Gasteiger partial charge in [-0.1, -0.05) is 30.0 Å². The molecule has 0 atom stereocenters. The Bertz CT molecular complexity index is 901. The summed E-state index contributed by atoms with van der Waals surface area (Å²) in [5.41, 5.74) is 5.55. The first kappa shape index (κ1) is 18.7. The van der Waals surface area contributed by atoms with E-state index in [9.17, 15) is 4.79 Å². The molecule has 25 heavy (non-hydrogen) atoms. The molecule has 0 aliphatic heterocycles. The maximum Gasteiger partial charge on any atom is 2.00 e. The van der Waals surface area contributed by atoms with Crippen LogP contribution in [-0.4, -0.2) is 32.8 Å². The van der Waals surface area contributed by atoms with Crippen molar-refractivity contribution in [3.8, 4) is 0 Å². The Kier molecular flexibility index (Phi) is 6.36. The molecule has 0 saturated carbocycles. The molecule has 0 spiro atoms. The summed E-state index contributed by atoms with van der Waals surface area (Å²) in [7, 11) is 1.77. The van der Waals surface area contributed by atoms with Crippen molar-refractivity contribution in [2.45, 2.75) is 6.92 Å². The van der Waals surface area contributed by atoms with E-state index >= 15 is 0 Å². The van der Waals surface area contributed by atoms with Crippen LogP contribution < -0.4 is 0 Å². The molecular weight excluding hydrogens is 372 g/mol. The fourth-order valence-electron chi connectivity index (χ4n) is 2.24. The molecule has 0 N–H and O–H groups in total. The van der Waals surface area contributed by atoms with Gasteiger partial charge in [-0.3, -0.25) is 4.98 Å². The molecule has 0 saturated heterocycles. The fraction of sp³-hybridized carbons (Fsp3) is 0.176. The second-order valence-electron chi connectivity index (χ2n) is 4.98. The van der Waals surface area contributed by atoms with Crippen LogP contribution in [0, 0.1) is 0 Å². The molecule has 122 valence electrons. The fourth-order valence-corrected chi connectivity index (χ4v) is 2.24. The number of hydrogen-bond acceptors (Lipinski definition) is 5. The number of esters is 1. The van der Waals surface area contributed by atoms with Crippen LogP contribution in [0.4, 0.5) is 5.69 Å². The van der Waals surface area contributed by atoms with E-state index in [1.165, 1.54) is 0 Å². The van der Waals surface area contributed by atoms with Crippen molar-refractivity contribution in [2.24, 2.45) is 12.1 Å². The Morgan fingerprint density at radius 3 is 2.76 bits per heavy atom. The Morgan fingerprint density at radius 2 is 2.04 bits per heavy atom. The number of carbonyl (C=O) groups excluding carboxylic acids is 1. The Balaban J connectivity index is 0.00000225. The van der Waals surface area contributed by atoms with Gasteiger partial charge in [0.25, 0.3) is 0 Å². The molecule has 7 nitrogen and oxygen atoms in total. The number of pyridine rings is 1. The van der Waals surface area contributed by atoms with Crippen LogP contribution in [0.3, 0.4) is 0 Å². The summed E-state index contributed by atoms with van der Waals surface area (Å²) >= 11 is 0. The molecule has 8 heteroatoms. The average molecular weight is 388 g/mol. The number of imidazole rings is 1.